The van der Waals surface area contributed by atoms with Gasteiger partial charge in [-0.15, -0.1) is 11.3 Å². The number of aryl methyl sites for hydroxylation is 1. The Balaban J connectivity index is 1.27. The van der Waals surface area contributed by atoms with Crippen LogP contribution in [-0.4, -0.2) is 75.7 Å². The van der Waals surface area contributed by atoms with E-state index in [1.807, 2.05) is 78.2 Å². The summed E-state index contributed by atoms with van der Waals surface area (Å²) >= 11 is 1.59. The van der Waals surface area contributed by atoms with Gasteiger partial charge in [-0.05, 0) is 57.1 Å². The molecular weight excluding hydrogens is 727 g/mol. The largest absolute Gasteiger partial charge is 0.444 e. The minimum Gasteiger partial charge on any atom is -0.444 e. The van der Waals surface area contributed by atoms with E-state index in [-0.39, 0.29) is 36.8 Å². The summed E-state index contributed by atoms with van der Waals surface area (Å²) in [4.78, 5) is 58.9. The van der Waals surface area contributed by atoms with Crippen molar-refractivity contribution in [1.82, 2.24) is 25.8 Å². The molecule has 0 bridgehead atoms. The lowest BCUT2D eigenvalue weighted by atomic mass is 9.85. The van der Waals surface area contributed by atoms with E-state index in [0.29, 0.717) is 19.5 Å². The van der Waals surface area contributed by atoms with Crippen molar-refractivity contribution < 1.29 is 29.0 Å². The zero-order valence-electron chi connectivity index (χ0n) is 35.3. The van der Waals surface area contributed by atoms with Gasteiger partial charge in [0, 0.05) is 32.5 Å². The summed E-state index contributed by atoms with van der Waals surface area (Å²) < 4.78 is 5.25. The van der Waals surface area contributed by atoms with Crippen LogP contribution in [0.25, 0.3) is 10.4 Å². The van der Waals surface area contributed by atoms with Crippen molar-refractivity contribution >= 4 is 35.2 Å². The van der Waals surface area contributed by atoms with Gasteiger partial charge >= 0.3 is 6.09 Å². The van der Waals surface area contributed by atoms with Crippen LogP contribution in [0.3, 0.4) is 0 Å². The van der Waals surface area contributed by atoms with Gasteiger partial charge in [-0.25, -0.2) is 9.78 Å². The Kier molecular flexibility index (Phi) is 19.8. The number of carbonyl (C=O) groups excluding carboxylic acids is 4. The number of β-amino-alcohol motifs (C(OH)–C–C–N with tert-alkyl or cyclic N) is 1. The van der Waals surface area contributed by atoms with E-state index in [4.69, 9.17) is 4.74 Å². The van der Waals surface area contributed by atoms with Gasteiger partial charge in [0.2, 0.25) is 17.7 Å². The van der Waals surface area contributed by atoms with E-state index in [9.17, 15) is 24.3 Å². The highest BCUT2D eigenvalue weighted by Crippen LogP contribution is 2.28. The van der Waals surface area contributed by atoms with Crippen LogP contribution >= 0.6 is 11.3 Å². The van der Waals surface area contributed by atoms with Crippen molar-refractivity contribution in [1.29, 1.82) is 0 Å². The lowest BCUT2D eigenvalue weighted by Gasteiger charge is -2.35. The lowest BCUT2D eigenvalue weighted by molar-refractivity contribution is -0.144. The van der Waals surface area contributed by atoms with E-state index >= 15 is 0 Å². The van der Waals surface area contributed by atoms with Gasteiger partial charge in [0.15, 0.2) is 0 Å². The van der Waals surface area contributed by atoms with Crippen molar-refractivity contribution in [2.45, 2.75) is 182 Å². The molecule has 3 rings (SSSR count). The first-order valence-corrected chi connectivity index (χ1v) is 21.9. The van der Waals surface area contributed by atoms with Crippen LogP contribution in [0.5, 0.6) is 0 Å². The molecule has 2 aromatic rings. The third-order valence-corrected chi connectivity index (χ3v) is 11.2. The van der Waals surface area contributed by atoms with E-state index in [0.717, 1.165) is 53.8 Å². The molecular formula is C44H71N5O6S. The highest BCUT2D eigenvalue weighted by molar-refractivity contribution is 7.13. The van der Waals surface area contributed by atoms with Gasteiger partial charge in [-0.1, -0.05) is 122 Å². The van der Waals surface area contributed by atoms with E-state index in [1.165, 1.54) is 62.7 Å². The smallest absolute Gasteiger partial charge is 0.407 e. The van der Waals surface area contributed by atoms with Gasteiger partial charge in [0.25, 0.3) is 0 Å². The van der Waals surface area contributed by atoms with Crippen LogP contribution < -0.4 is 16.0 Å². The Hall–Kier alpha value is -3.51. The molecule has 1 aromatic heterocycles. The summed E-state index contributed by atoms with van der Waals surface area (Å²) in [6.45, 7) is 14.3. The molecule has 1 aliphatic heterocycles. The van der Waals surface area contributed by atoms with Gasteiger partial charge < -0.3 is 30.7 Å². The van der Waals surface area contributed by atoms with Crippen molar-refractivity contribution in [2.24, 2.45) is 5.41 Å². The zero-order chi connectivity index (χ0) is 41.1. The second-order valence-electron chi connectivity index (χ2n) is 17.6. The molecule has 1 aromatic carbocycles. The molecule has 4 amide bonds. The van der Waals surface area contributed by atoms with Crippen LogP contribution in [0, 0.1) is 12.3 Å². The number of nitrogens with one attached hydrogen (secondary N) is 3. The number of carbonyl (C=O) groups is 4. The van der Waals surface area contributed by atoms with Gasteiger partial charge in [0.05, 0.1) is 22.2 Å². The number of hydrogen-bond acceptors (Lipinski definition) is 8. The van der Waals surface area contributed by atoms with Crippen LogP contribution in [0.1, 0.15) is 156 Å². The maximum Gasteiger partial charge on any atom is 0.407 e. The van der Waals surface area contributed by atoms with Crippen molar-refractivity contribution in [3.63, 3.8) is 0 Å². The lowest BCUT2D eigenvalue weighted by Crippen LogP contribution is -2.57. The molecule has 314 valence electrons. The number of ether oxygens (including phenoxy) is 1. The third-order valence-electron chi connectivity index (χ3n) is 10.2. The molecule has 2 heterocycles. The van der Waals surface area contributed by atoms with Gasteiger partial charge in [0.1, 0.15) is 17.7 Å². The predicted octanol–water partition coefficient (Wildman–Crippen LogP) is 8.60. The predicted molar refractivity (Wildman–Crippen MR) is 225 cm³/mol. The van der Waals surface area contributed by atoms with Crippen LogP contribution in [0.4, 0.5) is 4.79 Å². The molecule has 3 atom stereocenters. The number of amides is 4. The third kappa shape index (κ3) is 17.3. The average Bonchev–Trinajstić information content (AvgIpc) is 3.74. The standard InChI is InChI=1S/C44H71N5O6S/c1-32-38(56-31-47-32)34-25-23-33(24-26-34)29-46-40(52)36-28-35(50)30-49(36)41(53)39(43(2,3)4)48-37(51)22-20-18-16-14-12-10-8-9-11-13-15-17-19-21-27-45-42(54)55-44(5,6)7/h23-26,31,35-36,39,50H,8-22,27-30H2,1-7H3,(H,45,54)(H,46,52)(H,48,51). The summed E-state index contributed by atoms with van der Waals surface area (Å²) in [5.74, 6) is -0.809. The Labute approximate surface area is 340 Å². The van der Waals surface area contributed by atoms with Gasteiger partial charge in [-0.2, -0.15) is 0 Å². The number of nitrogens with zero attached hydrogens (tertiary/aromatic N) is 2. The summed E-state index contributed by atoms with van der Waals surface area (Å²) in [6, 6.07) is 6.35. The Morgan fingerprint density at radius 2 is 1.39 bits per heavy atom. The maximum absolute atomic E-state index is 13.9. The SMILES string of the molecule is Cc1ncsc1-c1ccc(CNC(=O)C2CC(O)CN2C(=O)C(NC(=O)CCCCCCCCCCCCCCCCNC(=O)OC(C)(C)C)C(C)(C)C)cc1. The Morgan fingerprint density at radius 3 is 1.91 bits per heavy atom. The number of aliphatic hydroxyl groups excluding tert-OH is 1. The number of aromatic nitrogens is 1. The zero-order valence-corrected chi connectivity index (χ0v) is 36.2. The fourth-order valence-corrected chi connectivity index (χ4v) is 7.86. The molecule has 1 saturated heterocycles. The average molecular weight is 798 g/mol. The number of benzene rings is 1. The highest BCUT2D eigenvalue weighted by Gasteiger charge is 2.44. The van der Waals surface area contributed by atoms with Crippen LogP contribution in [0.15, 0.2) is 29.8 Å². The number of likely N-dealkylation sites (tertiary alicyclic amines) is 1. The highest BCUT2D eigenvalue weighted by atomic mass is 32.1. The number of thiazole rings is 1. The molecule has 1 aliphatic rings. The summed E-state index contributed by atoms with van der Waals surface area (Å²) in [7, 11) is 0. The molecule has 3 unspecified atom stereocenters. The Bertz CT molecular complexity index is 1500. The Morgan fingerprint density at radius 1 is 0.839 bits per heavy atom. The number of unbranched alkanes of at least 4 members (excludes halogenated alkanes) is 13. The quantitative estimate of drug-likeness (QED) is 0.0823. The second kappa shape index (κ2) is 23.7. The first-order valence-electron chi connectivity index (χ1n) is 21.1. The summed E-state index contributed by atoms with van der Waals surface area (Å²) in [6.07, 6.45) is 15.5. The molecule has 1 fully saturated rings. The van der Waals surface area contributed by atoms with Crippen LogP contribution in [-0.2, 0) is 25.7 Å². The van der Waals surface area contributed by atoms with Gasteiger partial charge in [-0.3, -0.25) is 14.4 Å². The fraction of sp³-hybridized carbons (Fsp3) is 0.705. The maximum atomic E-state index is 13.9. The molecule has 0 aliphatic carbocycles. The first kappa shape index (κ1) is 46.9. The molecule has 56 heavy (non-hydrogen) atoms. The van der Waals surface area contributed by atoms with Crippen molar-refractivity contribution in [2.75, 3.05) is 13.1 Å². The fourth-order valence-electron chi connectivity index (χ4n) is 7.05. The molecule has 0 spiro atoms. The van der Waals surface area contributed by atoms with Crippen molar-refractivity contribution in [3.05, 3.63) is 41.0 Å². The molecule has 0 radical (unpaired) electrons. The number of rotatable bonds is 23. The topological polar surface area (TPSA) is 150 Å². The van der Waals surface area contributed by atoms with E-state index in [1.54, 1.807) is 11.3 Å². The summed E-state index contributed by atoms with van der Waals surface area (Å²) in [5, 5.41) is 19.3. The number of aliphatic hydroxyl groups is 1. The minimum absolute atomic E-state index is 0.0558. The summed E-state index contributed by atoms with van der Waals surface area (Å²) in [5.41, 5.74) is 3.78. The van der Waals surface area contributed by atoms with E-state index < -0.39 is 29.2 Å². The van der Waals surface area contributed by atoms with Crippen LogP contribution in [0.2, 0.25) is 0 Å². The minimum atomic E-state index is -0.813. The number of hydrogen-bond donors (Lipinski definition) is 4. The molecule has 0 saturated carbocycles. The first-order chi connectivity index (χ1) is 26.5. The molecule has 11 nitrogen and oxygen atoms in total. The van der Waals surface area contributed by atoms with Crippen molar-refractivity contribution in [3.8, 4) is 10.4 Å². The van der Waals surface area contributed by atoms with E-state index in [2.05, 4.69) is 20.9 Å². The second-order valence-corrected chi connectivity index (χ2v) is 18.4. The normalized spacial score (nSPS) is 16.4. The molecule has 12 heteroatoms. The molecule has 4 N–H and O–H groups in total. The number of alkyl carbamates (subject to hydrolysis) is 1. The monoisotopic (exact) mass is 798 g/mol.